The number of aromatic nitrogens is 2. The molecule has 1 aromatic carbocycles. The first-order valence-corrected chi connectivity index (χ1v) is 10.6. The Labute approximate surface area is 172 Å². The molecule has 3 aliphatic heterocycles. The molecule has 3 aliphatic rings. The number of piperazine rings is 1. The number of anilines is 2. The quantitative estimate of drug-likeness (QED) is 0.790. The Morgan fingerprint density at radius 3 is 2.21 bits per heavy atom. The van der Waals surface area contributed by atoms with Gasteiger partial charge in [-0.3, -0.25) is 0 Å². The van der Waals surface area contributed by atoms with Crippen molar-refractivity contribution in [1.29, 1.82) is 0 Å². The van der Waals surface area contributed by atoms with Crippen LogP contribution in [-0.4, -0.2) is 80.2 Å². The third-order valence-corrected chi connectivity index (χ3v) is 6.22. The van der Waals surface area contributed by atoms with E-state index >= 15 is 0 Å². The predicted octanol–water partition coefficient (Wildman–Crippen LogP) is 2.24. The number of likely N-dealkylation sites (N-methyl/N-ethyl adjacent to an activating group) is 1. The molecule has 0 saturated carbocycles. The van der Waals surface area contributed by atoms with Gasteiger partial charge in [0.1, 0.15) is 5.82 Å². The number of benzene rings is 1. The van der Waals surface area contributed by atoms with E-state index in [-0.39, 0.29) is 5.79 Å². The van der Waals surface area contributed by atoms with Gasteiger partial charge in [-0.1, -0.05) is 30.3 Å². The van der Waals surface area contributed by atoms with Crippen LogP contribution in [0, 0.1) is 0 Å². The van der Waals surface area contributed by atoms with Crippen LogP contribution >= 0.6 is 0 Å². The lowest BCUT2D eigenvalue weighted by Gasteiger charge is -2.38. The Morgan fingerprint density at radius 2 is 1.52 bits per heavy atom. The van der Waals surface area contributed by atoms with Crippen molar-refractivity contribution < 1.29 is 9.47 Å². The first kappa shape index (κ1) is 18.8. The first-order chi connectivity index (χ1) is 14.2. The zero-order valence-electron chi connectivity index (χ0n) is 17.1. The van der Waals surface area contributed by atoms with Crippen LogP contribution in [0.5, 0.6) is 0 Å². The maximum absolute atomic E-state index is 5.89. The minimum Gasteiger partial charge on any atom is -0.356 e. The van der Waals surface area contributed by atoms with Gasteiger partial charge in [-0.05, 0) is 7.05 Å². The highest BCUT2D eigenvalue weighted by Crippen LogP contribution is 2.34. The minimum absolute atomic E-state index is 0.369. The normalized spacial score (nSPS) is 22.4. The highest BCUT2D eigenvalue weighted by molar-refractivity contribution is 5.65. The standard InChI is InChI=1S/C22H29N5O2/c1-25-11-13-27(14-12-25)21-23-19(18-5-3-2-4-6-18)17-20(24-21)26-9-7-22(8-10-26)28-15-16-29-22/h2-6,17H,7-16H2,1H3. The Kier molecular flexibility index (Phi) is 5.11. The summed E-state index contributed by atoms with van der Waals surface area (Å²) in [6.07, 6.45) is 1.75. The van der Waals surface area contributed by atoms with Crippen molar-refractivity contribution in [3.8, 4) is 11.3 Å². The Hall–Kier alpha value is -2.22. The van der Waals surface area contributed by atoms with Crippen LogP contribution in [0.1, 0.15) is 12.8 Å². The monoisotopic (exact) mass is 395 g/mol. The molecule has 3 saturated heterocycles. The molecule has 0 unspecified atom stereocenters. The second kappa shape index (κ2) is 7.89. The highest BCUT2D eigenvalue weighted by atomic mass is 16.7. The van der Waals surface area contributed by atoms with Crippen molar-refractivity contribution >= 4 is 11.8 Å². The van der Waals surface area contributed by atoms with Crippen LogP contribution in [0.4, 0.5) is 11.8 Å². The summed E-state index contributed by atoms with van der Waals surface area (Å²) < 4.78 is 11.8. The first-order valence-electron chi connectivity index (χ1n) is 10.6. The fraction of sp³-hybridized carbons (Fsp3) is 0.545. The summed E-state index contributed by atoms with van der Waals surface area (Å²) in [5.74, 6) is 1.47. The van der Waals surface area contributed by atoms with Crippen molar-refractivity contribution in [3.05, 3.63) is 36.4 Å². The molecule has 154 valence electrons. The number of nitrogens with zero attached hydrogens (tertiary/aromatic N) is 5. The van der Waals surface area contributed by atoms with Gasteiger partial charge in [0.25, 0.3) is 0 Å². The van der Waals surface area contributed by atoms with Gasteiger partial charge in [-0.25, -0.2) is 4.98 Å². The van der Waals surface area contributed by atoms with Crippen molar-refractivity contribution in [2.75, 3.05) is 69.3 Å². The third-order valence-electron chi connectivity index (χ3n) is 6.22. The lowest BCUT2D eigenvalue weighted by atomic mass is 10.0. The average molecular weight is 396 g/mol. The SMILES string of the molecule is CN1CCN(c2nc(-c3ccccc3)cc(N3CCC4(CC3)OCCO4)n2)CC1. The molecule has 5 rings (SSSR count). The molecular weight excluding hydrogens is 366 g/mol. The van der Waals surface area contributed by atoms with E-state index in [1.807, 2.05) is 6.07 Å². The van der Waals surface area contributed by atoms with Crippen molar-refractivity contribution in [3.63, 3.8) is 0 Å². The summed E-state index contributed by atoms with van der Waals surface area (Å²) in [5.41, 5.74) is 2.11. The maximum atomic E-state index is 5.89. The molecular formula is C22H29N5O2. The second-order valence-electron chi connectivity index (χ2n) is 8.16. The van der Waals surface area contributed by atoms with Crippen LogP contribution in [0.15, 0.2) is 36.4 Å². The average Bonchev–Trinajstić information content (AvgIpc) is 3.23. The van der Waals surface area contributed by atoms with Gasteiger partial charge in [0.15, 0.2) is 5.79 Å². The smallest absolute Gasteiger partial charge is 0.227 e. The van der Waals surface area contributed by atoms with Gasteiger partial charge in [0, 0.05) is 63.7 Å². The lowest BCUT2D eigenvalue weighted by Crippen LogP contribution is -2.46. The summed E-state index contributed by atoms with van der Waals surface area (Å²) in [7, 11) is 2.17. The zero-order chi connectivity index (χ0) is 19.7. The van der Waals surface area contributed by atoms with Gasteiger partial charge < -0.3 is 24.2 Å². The largest absolute Gasteiger partial charge is 0.356 e. The molecule has 0 N–H and O–H groups in total. The maximum Gasteiger partial charge on any atom is 0.227 e. The van der Waals surface area contributed by atoms with E-state index in [4.69, 9.17) is 19.4 Å². The van der Waals surface area contributed by atoms with Crippen molar-refractivity contribution in [2.24, 2.45) is 0 Å². The van der Waals surface area contributed by atoms with E-state index in [1.165, 1.54) is 0 Å². The number of piperidine rings is 1. The van der Waals surface area contributed by atoms with Gasteiger partial charge in [-0.15, -0.1) is 0 Å². The van der Waals surface area contributed by atoms with E-state index < -0.39 is 0 Å². The van der Waals surface area contributed by atoms with Crippen LogP contribution in [0.3, 0.4) is 0 Å². The van der Waals surface area contributed by atoms with E-state index in [0.29, 0.717) is 13.2 Å². The number of rotatable bonds is 3. The summed E-state index contributed by atoms with van der Waals surface area (Å²) in [4.78, 5) is 16.9. The highest BCUT2D eigenvalue weighted by Gasteiger charge is 2.40. The molecule has 29 heavy (non-hydrogen) atoms. The topological polar surface area (TPSA) is 54.0 Å². The molecule has 7 nitrogen and oxygen atoms in total. The lowest BCUT2D eigenvalue weighted by molar-refractivity contribution is -0.169. The molecule has 0 bridgehead atoms. The molecule has 1 spiro atoms. The number of ether oxygens (including phenoxy) is 2. The summed E-state index contributed by atoms with van der Waals surface area (Å²) in [5, 5.41) is 0. The molecule has 1 aromatic heterocycles. The van der Waals surface area contributed by atoms with Crippen LogP contribution in [0.2, 0.25) is 0 Å². The molecule has 0 radical (unpaired) electrons. The summed E-state index contributed by atoms with van der Waals surface area (Å²) >= 11 is 0. The summed E-state index contributed by atoms with van der Waals surface area (Å²) in [6, 6.07) is 12.5. The molecule has 4 heterocycles. The fourth-order valence-corrected chi connectivity index (χ4v) is 4.35. The molecule has 0 atom stereocenters. The van der Waals surface area contributed by atoms with Gasteiger partial charge >= 0.3 is 0 Å². The van der Waals surface area contributed by atoms with E-state index in [9.17, 15) is 0 Å². The van der Waals surface area contributed by atoms with E-state index in [2.05, 4.69) is 52.1 Å². The van der Waals surface area contributed by atoms with Gasteiger partial charge in [0.05, 0.1) is 18.9 Å². The second-order valence-corrected chi connectivity index (χ2v) is 8.16. The minimum atomic E-state index is -0.369. The molecule has 0 aliphatic carbocycles. The summed E-state index contributed by atoms with van der Waals surface area (Å²) in [6.45, 7) is 7.17. The van der Waals surface area contributed by atoms with Gasteiger partial charge in [-0.2, -0.15) is 4.98 Å². The van der Waals surface area contributed by atoms with Gasteiger partial charge in [0.2, 0.25) is 5.95 Å². The van der Waals surface area contributed by atoms with Crippen molar-refractivity contribution in [1.82, 2.24) is 14.9 Å². The molecule has 3 fully saturated rings. The Bertz CT molecular complexity index is 822. The fourth-order valence-electron chi connectivity index (χ4n) is 4.35. The third kappa shape index (κ3) is 3.95. The van der Waals surface area contributed by atoms with Crippen molar-refractivity contribution in [2.45, 2.75) is 18.6 Å². The molecule has 0 amide bonds. The Balaban J connectivity index is 1.43. The predicted molar refractivity (Wildman–Crippen MR) is 113 cm³/mol. The van der Waals surface area contributed by atoms with Crippen LogP contribution in [-0.2, 0) is 9.47 Å². The molecule has 7 heteroatoms. The van der Waals surface area contributed by atoms with Crippen LogP contribution in [0.25, 0.3) is 11.3 Å². The van der Waals surface area contributed by atoms with E-state index in [0.717, 1.165) is 75.1 Å². The number of hydrogen-bond donors (Lipinski definition) is 0. The van der Waals surface area contributed by atoms with E-state index in [1.54, 1.807) is 0 Å². The Morgan fingerprint density at radius 1 is 0.828 bits per heavy atom. The number of hydrogen-bond acceptors (Lipinski definition) is 7. The zero-order valence-corrected chi connectivity index (χ0v) is 17.1. The van der Waals surface area contributed by atoms with Crippen LogP contribution < -0.4 is 9.80 Å². The molecule has 2 aromatic rings.